The molecule has 0 aliphatic carbocycles. The van der Waals surface area contributed by atoms with Gasteiger partial charge >= 0.3 is 0 Å². The first kappa shape index (κ1) is 11.4. The Morgan fingerprint density at radius 3 is 2.60 bits per heavy atom. The zero-order chi connectivity index (χ0) is 10.7. The second-order valence-electron chi connectivity index (χ2n) is 5.13. The molecular formula is C12H25N3. The van der Waals surface area contributed by atoms with E-state index in [9.17, 15) is 0 Å². The molecule has 2 fully saturated rings. The molecule has 2 N–H and O–H groups in total. The zero-order valence-electron chi connectivity index (χ0n) is 9.99. The van der Waals surface area contributed by atoms with Crippen molar-refractivity contribution in [1.82, 2.24) is 9.80 Å². The van der Waals surface area contributed by atoms with E-state index in [1.807, 2.05) is 0 Å². The minimum Gasteiger partial charge on any atom is -0.329 e. The van der Waals surface area contributed by atoms with E-state index in [1.54, 1.807) is 0 Å². The lowest BCUT2D eigenvalue weighted by Gasteiger charge is -2.32. The predicted molar refractivity (Wildman–Crippen MR) is 63.9 cm³/mol. The maximum atomic E-state index is 5.77. The van der Waals surface area contributed by atoms with Crippen LogP contribution in [0.2, 0.25) is 0 Å². The summed E-state index contributed by atoms with van der Waals surface area (Å²) in [5, 5.41) is 0. The van der Waals surface area contributed by atoms with Crippen molar-refractivity contribution < 1.29 is 0 Å². The molecule has 0 amide bonds. The van der Waals surface area contributed by atoms with E-state index in [4.69, 9.17) is 5.73 Å². The summed E-state index contributed by atoms with van der Waals surface area (Å²) in [6, 6.07) is 1.35. The molecule has 2 rings (SSSR count). The standard InChI is InChI=1S/C12H25N3/c1-11(9-13)15-8-4-5-12(15)10-14-6-2-3-7-14/h11-12H,2-10,13H2,1H3. The number of nitrogens with zero attached hydrogens (tertiary/aromatic N) is 2. The van der Waals surface area contributed by atoms with Gasteiger partial charge in [0.05, 0.1) is 0 Å². The minimum absolute atomic E-state index is 0.570. The average Bonchev–Trinajstić information content (AvgIpc) is 2.88. The van der Waals surface area contributed by atoms with Crippen LogP contribution in [0.5, 0.6) is 0 Å². The number of rotatable bonds is 4. The highest BCUT2D eigenvalue weighted by Gasteiger charge is 2.29. The van der Waals surface area contributed by atoms with E-state index in [2.05, 4.69) is 16.7 Å². The first-order chi connectivity index (χ1) is 7.31. The Balaban J connectivity index is 1.84. The molecule has 2 unspecified atom stereocenters. The van der Waals surface area contributed by atoms with E-state index in [0.717, 1.165) is 12.6 Å². The summed E-state index contributed by atoms with van der Waals surface area (Å²) in [5.41, 5.74) is 5.77. The van der Waals surface area contributed by atoms with Gasteiger partial charge in [-0.25, -0.2) is 0 Å². The molecule has 3 nitrogen and oxygen atoms in total. The second-order valence-corrected chi connectivity index (χ2v) is 5.13. The molecule has 0 aromatic rings. The molecule has 0 aromatic carbocycles. The Bertz CT molecular complexity index is 189. The smallest absolute Gasteiger partial charge is 0.0227 e. The molecule has 15 heavy (non-hydrogen) atoms. The molecule has 0 aromatic heterocycles. The Kier molecular flexibility index (Phi) is 4.00. The summed E-state index contributed by atoms with van der Waals surface area (Å²) in [6.45, 7) is 8.25. The van der Waals surface area contributed by atoms with Crippen LogP contribution in [-0.2, 0) is 0 Å². The van der Waals surface area contributed by atoms with Crippen molar-refractivity contribution in [3.8, 4) is 0 Å². The second kappa shape index (κ2) is 5.28. The van der Waals surface area contributed by atoms with E-state index < -0.39 is 0 Å². The lowest BCUT2D eigenvalue weighted by atomic mass is 10.2. The van der Waals surface area contributed by atoms with Crippen molar-refractivity contribution in [3.63, 3.8) is 0 Å². The van der Waals surface area contributed by atoms with Gasteiger partial charge in [0.1, 0.15) is 0 Å². The highest BCUT2D eigenvalue weighted by molar-refractivity contribution is 4.86. The van der Waals surface area contributed by atoms with Gasteiger partial charge in [0.25, 0.3) is 0 Å². The summed E-state index contributed by atoms with van der Waals surface area (Å²) in [5.74, 6) is 0. The number of hydrogen-bond acceptors (Lipinski definition) is 3. The van der Waals surface area contributed by atoms with Gasteiger partial charge in [-0.1, -0.05) is 0 Å². The Morgan fingerprint density at radius 2 is 1.93 bits per heavy atom. The van der Waals surface area contributed by atoms with Crippen LogP contribution in [0.15, 0.2) is 0 Å². The van der Waals surface area contributed by atoms with Gasteiger partial charge in [0.2, 0.25) is 0 Å². The Morgan fingerprint density at radius 1 is 1.20 bits per heavy atom. The summed E-state index contributed by atoms with van der Waals surface area (Å²) in [4.78, 5) is 5.25. The van der Waals surface area contributed by atoms with E-state index in [1.165, 1.54) is 51.9 Å². The van der Waals surface area contributed by atoms with Crippen molar-refractivity contribution >= 4 is 0 Å². The highest BCUT2D eigenvalue weighted by atomic mass is 15.3. The fourth-order valence-electron chi connectivity index (χ4n) is 3.03. The minimum atomic E-state index is 0.570. The number of hydrogen-bond donors (Lipinski definition) is 1. The lowest BCUT2D eigenvalue weighted by molar-refractivity contribution is 0.154. The fourth-order valence-corrected chi connectivity index (χ4v) is 3.03. The van der Waals surface area contributed by atoms with Crippen LogP contribution in [0.1, 0.15) is 32.6 Å². The normalized spacial score (nSPS) is 31.2. The molecular weight excluding hydrogens is 186 g/mol. The third kappa shape index (κ3) is 2.71. The van der Waals surface area contributed by atoms with E-state index in [0.29, 0.717) is 6.04 Å². The Hall–Kier alpha value is -0.120. The molecule has 2 saturated heterocycles. The van der Waals surface area contributed by atoms with E-state index >= 15 is 0 Å². The molecule has 3 heteroatoms. The summed E-state index contributed by atoms with van der Waals surface area (Å²) >= 11 is 0. The van der Waals surface area contributed by atoms with Gasteiger partial charge in [0.15, 0.2) is 0 Å². The predicted octanol–water partition coefficient (Wildman–Crippen LogP) is 0.894. The fraction of sp³-hybridized carbons (Fsp3) is 1.00. The SMILES string of the molecule is CC(CN)N1CCCC1CN1CCCC1. The van der Waals surface area contributed by atoms with Crippen LogP contribution >= 0.6 is 0 Å². The van der Waals surface area contributed by atoms with Crippen LogP contribution in [-0.4, -0.2) is 54.6 Å². The van der Waals surface area contributed by atoms with Crippen LogP contribution in [0, 0.1) is 0 Å². The molecule has 2 heterocycles. The zero-order valence-corrected chi connectivity index (χ0v) is 9.99. The first-order valence-corrected chi connectivity index (χ1v) is 6.49. The van der Waals surface area contributed by atoms with Gasteiger partial charge in [-0.3, -0.25) is 4.90 Å². The van der Waals surface area contributed by atoms with Gasteiger partial charge < -0.3 is 10.6 Å². The van der Waals surface area contributed by atoms with Crippen molar-refractivity contribution in [3.05, 3.63) is 0 Å². The number of likely N-dealkylation sites (tertiary alicyclic amines) is 2. The average molecular weight is 211 g/mol. The Labute approximate surface area is 93.6 Å². The largest absolute Gasteiger partial charge is 0.329 e. The maximum Gasteiger partial charge on any atom is 0.0227 e. The van der Waals surface area contributed by atoms with Crippen molar-refractivity contribution in [1.29, 1.82) is 0 Å². The van der Waals surface area contributed by atoms with Gasteiger partial charge in [-0.05, 0) is 52.2 Å². The third-order valence-corrected chi connectivity index (χ3v) is 4.00. The molecule has 2 atom stereocenters. The molecule has 0 radical (unpaired) electrons. The quantitative estimate of drug-likeness (QED) is 0.750. The molecule has 0 spiro atoms. The van der Waals surface area contributed by atoms with Crippen molar-refractivity contribution in [2.45, 2.75) is 44.7 Å². The third-order valence-electron chi connectivity index (χ3n) is 4.00. The molecule has 88 valence electrons. The molecule has 2 aliphatic heterocycles. The van der Waals surface area contributed by atoms with E-state index in [-0.39, 0.29) is 0 Å². The van der Waals surface area contributed by atoms with Gasteiger partial charge in [-0.15, -0.1) is 0 Å². The lowest BCUT2D eigenvalue weighted by Crippen LogP contribution is -2.46. The summed E-state index contributed by atoms with van der Waals surface area (Å²) in [6.07, 6.45) is 5.54. The monoisotopic (exact) mass is 211 g/mol. The topological polar surface area (TPSA) is 32.5 Å². The number of nitrogens with two attached hydrogens (primary N) is 1. The first-order valence-electron chi connectivity index (χ1n) is 6.49. The van der Waals surface area contributed by atoms with Gasteiger partial charge in [-0.2, -0.15) is 0 Å². The molecule has 0 saturated carbocycles. The van der Waals surface area contributed by atoms with Gasteiger partial charge in [0, 0.05) is 25.2 Å². The summed E-state index contributed by atoms with van der Waals surface area (Å²) < 4.78 is 0. The summed E-state index contributed by atoms with van der Waals surface area (Å²) in [7, 11) is 0. The maximum absolute atomic E-state index is 5.77. The molecule has 0 bridgehead atoms. The molecule has 2 aliphatic rings. The van der Waals surface area contributed by atoms with Crippen LogP contribution < -0.4 is 5.73 Å². The van der Waals surface area contributed by atoms with Crippen LogP contribution in [0.4, 0.5) is 0 Å². The highest BCUT2D eigenvalue weighted by Crippen LogP contribution is 2.22. The van der Waals surface area contributed by atoms with Crippen LogP contribution in [0.25, 0.3) is 0 Å². The van der Waals surface area contributed by atoms with Crippen molar-refractivity contribution in [2.24, 2.45) is 5.73 Å². The van der Waals surface area contributed by atoms with Crippen LogP contribution in [0.3, 0.4) is 0 Å². The van der Waals surface area contributed by atoms with Crippen molar-refractivity contribution in [2.75, 3.05) is 32.7 Å².